The number of nitrogens with one attached hydrogen (secondary N) is 2. The quantitative estimate of drug-likeness (QED) is 0.652. The van der Waals surface area contributed by atoms with Crippen molar-refractivity contribution in [2.45, 2.75) is 78.5 Å². The maximum Gasteiger partial charge on any atom is 0.251 e. The number of nitriles is 1. The van der Waals surface area contributed by atoms with Gasteiger partial charge in [-0.05, 0) is 87.0 Å². The lowest BCUT2D eigenvalue weighted by atomic mass is 9.51. The predicted octanol–water partition coefficient (Wildman–Crippen LogP) is 3.64. The molecule has 7 atom stereocenters. The summed E-state index contributed by atoms with van der Waals surface area (Å²) in [6.07, 6.45) is 3.06. The average molecular weight is 440 g/mol. The molecule has 0 heterocycles. The van der Waals surface area contributed by atoms with Crippen LogP contribution in [0.1, 0.15) is 76.2 Å². The number of fused-ring (bicyclic) bond motifs is 1. The van der Waals surface area contributed by atoms with Crippen LogP contribution in [0.25, 0.3) is 0 Å². The molecule has 3 rings (SSSR count). The Bertz CT molecular complexity index is 875. The molecule has 0 saturated heterocycles. The largest absolute Gasteiger partial charge is 0.392 e. The van der Waals surface area contributed by atoms with Gasteiger partial charge in [-0.3, -0.25) is 9.59 Å². The second kappa shape index (κ2) is 9.62. The Morgan fingerprint density at radius 3 is 2.38 bits per heavy atom. The predicted molar refractivity (Wildman–Crippen MR) is 124 cm³/mol. The summed E-state index contributed by atoms with van der Waals surface area (Å²) in [5.41, 5.74) is 1.07. The van der Waals surface area contributed by atoms with Gasteiger partial charge in [-0.1, -0.05) is 20.8 Å². The molecule has 3 N–H and O–H groups in total. The van der Waals surface area contributed by atoms with Gasteiger partial charge < -0.3 is 15.7 Å². The lowest BCUT2D eigenvalue weighted by Gasteiger charge is -2.56. The number of amides is 2. The molecule has 6 heteroatoms. The zero-order chi connectivity index (χ0) is 23.6. The zero-order valence-corrected chi connectivity index (χ0v) is 19.9. The van der Waals surface area contributed by atoms with Crippen molar-refractivity contribution in [1.82, 2.24) is 10.6 Å². The van der Waals surface area contributed by atoms with Crippen LogP contribution in [0, 0.1) is 40.4 Å². The fraction of sp³-hybridized carbons (Fsp3) is 0.654. The van der Waals surface area contributed by atoms with E-state index in [-0.39, 0.29) is 53.0 Å². The molecule has 0 aliphatic heterocycles. The van der Waals surface area contributed by atoms with Gasteiger partial charge in [-0.25, -0.2) is 0 Å². The van der Waals surface area contributed by atoms with Gasteiger partial charge in [0.1, 0.15) is 0 Å². The minimum Gasteiger partial charge on any atom is -0.392 e. The Morgan fingerprint density at radius 2 is 1.78 bits per heavy atom. The number of rotatable bonds is 5. The van der Waals surface area contributed by atoms with Crippen molar-refractivity contribution in [2.24, 2.45) is 29.1 Å². The van der Waals surface area contributed by atoms with Crippen molar-refractivity contribution in [3.05, 3.63) is 35.4 Å². The molecular weight excluding hydrogens is 402 g/mol. The SMILES string of the molecule is CC(C)NC(=O)C(C)C1CCC2(C)CCC(NC(=O)c3ccc(C#N)cc3)C(C)C2C1O. The fourth-order valence-electron chi connectivity index (χ4n) is 6.06. The van der Waals surface area contributed by atoms with Crippen LogP contribution in [0.15, 0.2) is 24.3 Å². The Morgan fingerprint density at radius 1 is 1.16 bits per heavy atom. The molecule has 174 valence electrons. The van der Waals surface area contributed by atoms with Crippen molar-refractivity contribution in [2.75, 3.05) is 0 Å². The Labute approximate surface area is 191 Å². The number of benzene rings is 1. The molecule has 2 aliphatic carbocycles. The molecular formula is C26H37N3O3. The van der Waals surface area contributed by atoms with Crippen molar-refractivity contribution < 1.29 is 14.7 Å². The summed E-state index contributed by atoms with van der Waals surface area (Å²) in [6.45, 7) is 10.2. The van der Waals surface area contributed by atoms with Crippen LogP contribution < -0.4 is 10.6 Å². The van der Waals surface area contributed by atoms with Crippen LogP contribution in [0.5, 0.6) is 0 Å². The van der Waals surface area contributed by atoms with E-state index in [0.717, 1.165) is 25.7 Å². The van der Waals surface area contributed by atoms with Crippen LogP contribution in [0.2, 0.25) is 0 Å². The van der Waals surface area contributed by atoms with Gasteiger partial charge in [0.05, 0.1) is 17.7 Å². The van der Waals surface area contributed by atoms with Crippen LogP contribution in [0.4, 0.5) is 0 Å². The number of carbonyl (C=O) groups excluding carboxylic acids is 2. The highest BCUT2D eigenvalue weighted by molar-refractivity contribution is 5.94. The third kappa shape index (κ3) is 4.83. The van der Waals surface area contributed by atoms with Gasteiger partial charge in [0, 0.05) is 23.6 Å². The second-order valence-corrected chi connectivity index (χ2v) is 10.5. The second-order valence-electron chi connectivity index (χ2n) is 10.5. The summed E-state index contributed by atoms with van der Waals surface area (Å²) < 4.78 is 0. The van der Waals surface area contributed by atoms with E-state index in [0.29, 0.717) is 11.1 Å². The summed E-state index contributed by atoms with van der Waals surface area (Å²) in [6, 6.07) is 8.74. The van der Waals surface area contributed by atoms with E-state index in [4.69, 9.17) is 5.26 Å². The lowest BCUT2D eigenvalue weighted by molar-refractivity contribution is -0.142. The summed E-state index contributed by atoms with van der Waals surface area (Å²) in [4.78, 5) is 25.5. The van der Waals surface area contributed by atoms with Gasteiger partial charge in [0.15, 0.2) is 0 Å². The molecule has 0 radical (unpaired) electrons. The first-order chi connectivity index (χ1) is 15.1. The van der Waals surface area contributed by atoms with Crippen LogP contribution in [-0.4, -0.2) is 35.1 Å². The van der Waals surface area contributed by atoms with E-state index in [1.807, 2.05) is 20.8 Å². The summed E-state index contributed by atoms with van der Waals surface area (Å²) >= 11 is 0. The molecule has 2 fully saturated rings. The molecule has 2 amide bonds. The standard InChI is InChI=1S/C26H37N3O3/c1-15(2)28-24(31)16(3)20-10-12-26(5)13-11-21(17(4)22(26)23(20)30)29-25(32)19-8-6-18(14-27)7-9-19/h6-9,15-17,20-23,30H,10-13H2,1-5H3,(H,28,31)(H,29,32). The normalized spacial score (nSPS) is 33.0. The molecule has 7 unspecified atom stereocenters. The monoisotopic (exact) mass is 439 g/mol. The topological polar surface area (TPSA) is 102 Å². The van der Waals surface area contributed by atoms with E-state index < -0.39 is 6.10 Å². The van der Waals surface area contributed by atoms with Crippen molar-refractivity contribution in [1.29, 1.82) is 5.26 Å². The fourth-order valence-corrected chi connectivity index (χ4v) is 6.06. The highest BCUT2D eigenvalue weighted by Crippen LogP contribution is 2.55. The molecule has 0 aromatic heterocycles. The van der Waals surface area contributed by atoms with Gasteiger partial charge in [0.2, 0.25) is 5.91 Å². The molecule has 6 nitrogen and oxygen atoms in total. The van der Waals surface area contributed by atoms with Crippen LogP contribution in [0.3, 0.4) is 0 Å². The molecule has 1 aromatic carbocycles. The Kier molecular flexibility index (Phi) is 7.29. The molecule has 0 spiro atoms. The first kappa shape index (κ1) is 24.3. The third-order valence-electron chi connectivity index (χ3n) is 7.97. The first-order valence-electron chi connectivity index (χ1n) is 11.9. The van der Waals surface area contributed by atoms with Gasteiger partial charge >= 0.3 is 0 Å². The number of aliphatic hydroxyl groups excluding tert-OH is 1. The number of hydrogen-bond acceptors (Lipinski definition) is 4. The molecule has 0 bridgehead atoms. The Balaban J connectivity index is 1.73. The van der Waals surface area contributed by atoms with E-state index in [2.05, 4.69) is 30.6 Å². The first-order valence-corrected chi connectivity index (χ1v) is 11.9. The van der Waals surface area contributed by atoms with E-state index in [9.17, 15) is 14.7 Å². The number of nitrogens with zero attached hydrogens (tertiary/aromatic N) is 1. The van der Waals surface area contributed by atoms with Crippen molar-refractivity contribution in [3.63, 3.8) is 0 Å². The van der Waals surface area contributed by atoms with Crippen LogP contribution in [-0.2, 0) is 4.79 Å². The van der Waals surface area contributed by atoms with E-state index >= 15 is 0 Å². The van der Waals surface area contributed by atoms with Gasteiger partial charge in [-0.15, -0.1) is 0 Å². The number of carbonyl (C=O) groups is 2. The zero-order valence-electron chi connectivity index (χ0n) is 19.9. The highest BCUT2D eigenvalue weighted by Gasteiger charge is 2.53. The number of hydrogen-bond donors (Lipinski definition) is 3. The minimum atomic E-state index is -0.578. The molecule has 1 aromatic rings. The third-order valence-corrected chi connectivity index (χ3v) is 7.97. The lowest BCUT2D eigenvalue weighted by Crippen LogP contribution is -2.58. The van der Waals surface area contributed by atoms with E-state index in [1.54, 1.807) is 24.3 Å². The van der Waals surface area contributed by atoms with E-state index in [1.165, 1.54) is 0 Å². The maximum absolute atomic E-state index is 12.8. The van der Waals surface area contributed by atoms with Crippen molar-refractivity contribution >= 4 is 11.8 Å². The minimum absolute atomic E-state index is 0.00165. The summed E-state index contributed by atoms with van der Waals surface area (Å²) in [5.74, 6) is -0.368. The maximum atomic E-state index is 12.8. The highest BCUT2D eigenvalue weighted by atomic mass is 16.3. The van der Waals surface area contributed by atoms with Gasteiger partial charge in [-0.2, -0.15) is 5.26 Å². The average Bonchev–Trinajstić information content (AvgIpc) is 2.75. The summed E-state index contributed by atoms with van der Waals surface area (Å²) in [7, 11) is 0. The summed E-state index contributed by atoms with van der Waals surface area (Å²) in [5, 5.41) is 26.6. The molecule has 2 saturated carbocycles. The van der Waals surface area contributed by atoms with Crippen molar-refractivity contribution in [3.8, 4) is 6.07 Å². The van der Waals surface area contributed by atoms with Crippen LogP contribution >= 0.6 is 0 Å². The Hall–Kier alpha value is -2.39. The smallest absolute Gasteiger partial charge is 0.251 e. The van der Waals surface area contributed by atoms with Gasteiger partial charge in [0.25, 0.3) is 5.91 Å². The molecule has 32 heavy (non-hydrogen) atoms. The molecule has 2 aliphatic rings. The number of aliphatic hydroxyl groups is 1.